The fraction of sp³-hybridized carbons (Fsp3) is 0.308. The molecule has 0 aliphatic heterocycles. The average Bonchev–Trinajstić information content (AvgIpc) is 3.15. The largest absolute Gasteiger partial charge is 0.388 e. The molecule has 19 heavy (non-hydrogen) atoms. The van der Waals surface area contributed by atoms with E-state index in [0.29, 0.717) is 17.3 Å². The van der Waals surface area contributed by atoms with Crippen LogP contribution in [0.25, 0.3) is 5.69 Å². The lowest BCUT2D eigenvalue weighted by Crippen LogP contribution is -2.00. The Bertz CT molecular complexity index is 631. The van der Waals surface area contributed by atoms with E-state index in [0.717, 1.165) is 5.69 Å². The number of rotatable bonds is 4. The van der Waals surface area contributed by atoms with Gasteiger partial charge in [-0.15, -0.1) is 0 Å². The summed E-state index contributed by atoms with van der Waals surface area (Å²) in [7, 11) is 1.74. The average molecular weight is 258 g/mol. The standard InChI is InChI=1S/C13H14N4O2/c1-14-10-6-11(8-12(7-10)17(18)19)16-5-4-13(15-16)9-2-3-9/h4-9,14H,2-3H2,1H3. The quantitative estimate of drug-likeness (QED) is 0.676. The fourth-order valence-corrected chi connectivity index (χ4v) is 2.06. The Morgan fingerprint density at radius 2 is 2.21 bits per heavy atom. The first-order valence-electron chi connectivity index (χ1n) is 6.20. The highest BCUT2D eigenvalue weighted by atomic mass is 16.6. The maximum Gasteiger partial charge on any atom is 0.273 e. The van der Waals surface area contributed by atoms with Crippen LogP contribution in [-0.4, -0.2) is 21.8 Å². The molecule has 6 nitrogen and oxygen atoms in total. The van der Waals surface area contributed by atoms with E-state index in [4.69, 9.17) is 0 Å². The van der Waals surface area contributed by atoms with Gasteiger partial charge in [0, 0.05) is 37.0 Å². The predicted molar refractivity (Wildman–Crippen MR) is 71.7 cm³/mol. The topological polar surface area (TPSA) is 73.0 Å². The lowest BCUT2D eigenvalue weighted by molar-refractivity contribution is -0.384. The van der Waals surface area contributed by atoms with Crippen molar-refractivity contribution in [3.63, 3.8) is 0 Å². The Morgan fingerprint density at radius 3 is 2.84 bits per heavy atom. The molecule has 0 radical (unpaired) electrons. The highest BCUT2D eigenvalue weighted by molar-refractivity contribution is 5.58. The van der Waals surface area contributed by atoms with Crippen LogP contribution >= 0.6 is 0 Å². The van der Waals surface area contributed by atoms with Crippen molar-refractivity contribution in [1.82, 2.24) is 9.78 Å². The van der Waals surface area contributed by atoms with Crippen LogP contribution in [0.15, 0.2) is 30.5 Å². The Kier molecular flexibility index (Phi) is 2.70. The highest BCUT2D eigenvalue weighted by Crippen LogP contribution is 2.39. The van der Waals surface area contributed by atoms with E-state index >= 15 is 0 Å². The van der Waals surface area contributed by atoms with Gasteiger partial charge in [0.15, 0.2) is 0 Å². The summed E-state index contributed by atoms with van der Waals surface area (Å²) in [6.45, 7) is 0. The van der Waals surface area contributed by atoms with E-state index in [9.17, 15) is 10.1 Å². The third-order valence-corrected chi connectivity index (χ3v) is 3.27. The number of benzene rings is 1. The Hall–Kier alpha value is -2.37. The second-order valence-corrected chi connectivity index (χ2v) is 4.70. The molecule has 6 heteroatoms. The second-order valence-electron chi connectivity index (χ2n) is 4.70. The zero-order valence-electron chi connectivity index (χ0n) is 10.5. The van der Waals surface area contributed by atoms with Crippen molar-refractivity contribution in [1.29, 1.82) is 0 Å². The van der Waals surface area contributed by atoms with Crippen molar-refractivity contribution in [2.45, 2.75) is 18.8 Å². The van der Waals surface area contributed by atoms with Gasteiger partial charge in [0.25, 0.3) is 5.69 Å². The van der Waals surface area contributed by atoms with Gasteiger partial charge in [0.1, 0.15) is 0 Å². The van der Waals surface area contributed by atoms with Gasteiger partial charge < -0.3 is 5.32 Å². The first-order valence-corrected chi connectivity index (χ1v) is 6.20. The summed E-state index contributed by atoms with van der Waals surface area (Å²) in [6.07, 6.45) is 4.23. The summed E-state index contributed by atoms with van der Waals surface area (Å²) in [6, 6.07) is 6.87. The van der Waals surface area contributed by atoms with Crippen LogP contribution in [-0.2, 0) is 0 Å². The van der Waals surface area contributed by atoms with Gasteiger partial charge in [0.05, 0.1) is 16.3 Å². The monoisotopic (exact) mass is 258 g/mol. The molecule has 0 spiro atoms. The first kappa shape index (κ1) is 11.7. The molecule has 98 valence electrons. The molecule has 1 aromatic carbocycles. The van der Waals surface area contributed by atoms with E-state index in [1.807, 2.05) is 18.3 Å². The predicted octanol–water partition coefficient (Wildman–Crippen LogP) is 2.70. The lowest BCUT2D eigenvalue weighted by Gasteiger charge is -2.05. The van der Waals surface area contributed by atoms with Crippen molar-refractivity contribution in [3.8, 4) is 5.69 Å². The SMILES string of the molecule is CNc1cc(-n2ccc(C3CC3)n2)cc([N+](=O)[O-])c1. The maximum absolute atomic E-state index is 10.9. The molecule has 0 unspecified atom stereocenters. The van der Waals surface area contributed by atoms with Crippen molar-refractivity contribution in [2.24, 2.45) is 0 Å². The summed E-state index contributed by atoms with van der Waals surface area (Å²) in [5.41, 5.74) is 2.53. The first-order chi connectivity index (χ1) is 9.17. The van der Waals surface area contributed by atoms with Crippen molar-refractivity contribution >= 4 is 11.4 Å². The number of aromatic nitrogens is 2. The van der Waals surface area contributed by atoms with Crippen LogP contribution in [0.1, 0.15) is 24.5 Å². The maximum atomic E-state index is 10.9. The smallest absolute Gasteiger partial charge is 0.273 e. The fourth-order valence-electron chi connectivity index (χ4n) is 2.06. The van der Waals surface area contributed by atoms with Crippen LogP contribution in [0.2, 0.25) is 0 Å². The van der Waals surface area contributed by atoms with Gasteiger partial charge in [0.2, 0.25) is 0 Å². The zero-order chi connectivity index (χ0) is 13.4. The normalized spacial score (nSPS) is 14.4. The molecule has 1 aliphatic carbocycles. The summed E-state index contributed by atoms with van der Waals surface area (Å²) in [5, 5.41) is 18.3. The minimum absolute atomic E-state index is 0.0605. The minimum Gasteiger partial charge on any atom is -0.388 e. The molecule has 0 saturated heterocycles. The van der Waals surface area contributed by atoms with Crippen LogP contribution in [0, 0.1) is 10.1 Å². The Balaban J connectivity index is 2.01. The van der Waals surface area contributed by atoms with E-state index in [2.05, 4.69) is 10.4 Å². The molecule has 0 bridgehead atoms. The van der Waals surface area contributed by atoms with Gasteiger partial charge in [-0.3, -0.25) is 10.1 Å². The molecule has 1 heterocycles. The summed E-state index contributed by atoms with van der Waals surface area (Å²) < 4.78 is 1.70. The number of nitro benzene ring substituents is 1. The summed E-state index contributed by atoms with van der Waals surface area (Å²) in [4.78, 5) is 10.5. The van der Waals surface area contributed by atoms with E-state index < -0.39 is 4.92 Å². The molecule has 1 fully saturated rings. The van der Waals surface area contributed by atoms with E-state index in [-0.39, 0.29) is 5.69 Å². The molecule has 3 rings (SSSR count). The molecule has 1 N–H and O–H groups in total. The van der Waals surface area contributed by atoms with Gasteiger partial charge >= 0.3 is 0 Å². The third kappa shape index (κ3) is 2.29. The lowest BCUT2D eigenvalue weighted by atomic mass is 10.2. The van der Waals surface area contributed by atoms with Crippen LogP contribution in [0.3, 0.4) is 0 Å². The van der Waals surface area contributed by atoms with Crippen LogP contribution in [0.5, 0.6) is 0 Å². The summed E-state index contributed by atoms with van der Waals surface area (Å²) >= 11 is 0. The minimum atomic E-state index is -0.393. The van der Waals surface area contributed by atoms with Gasteiger partial charge in [-0.05, 0) is 25.0 Å². The number of hydrogen-bond acceptors (Lipinski definition) is 4. The Morgan fingerprint density at radius 1 is 1.42 bits per heavy atom. The molecular weight excluding hydrogens is 244 g/mol. The highest BCUT2D eigenvalue weighted by Gasteiger charge is 2.26. The summed E-state index contributed by atoms with van der Waals surface area (Å²) in [5.74, 6) is 0.573. The number of nitrogens with one attached hydrogen (secondary N) is 1. The molecule has 2 aromatic rings. The van der Waals surface area contributed by atoms with Gasteiger partial charge in [-0.25, -0.2) is 4.68 Å². The molecule has 0 atom stereocenters. The van der Waals surface area contributed by atoms with Crippen molar-refractivity contribution in [2.75, 3.05) is 12.4 Å². The van der Waals surface area contributed by atoms with Gasteiger partial charge in [-0.1, -0.05) is 0 Å². The molecule has 1 aromatic heterocycles. The Labute approximate surface area is 110 Å². The van der Waals surface area contributed by atoms with Crippen LogP contribution in [0.4, 0.5) is 11.4 Å². The zero-order valence-corrected chi connectivity index (χ0v) is 10.5. The molecule has 1 aliphatic rings. The molecule has 0 amide bonds. The van der Waals surface area contributed by atoms with Crippen molar-refractivity contribution < 1.29 is 4.92 Å². The number of non-ortho nitro benzene ring substituents is 1. The van der Waals surface area contributed by atoms with Crippen molar-refractivity contribution in [3.05, 3.63) is 46.3 Å². The molecular formula is C13H14N4O2. The number of hydrogen-bond donors (Lipinski definition) is 1. The van der Waals surface area contributed by atoms with E-state index in [1.54, 1.807) is 11.7 Å². The second kappa shape index (κ2) is 4.38. The number of nitrogens with zero attached hydrogens (tertiary/aromatic N) is 3. The van der Waals surface area contributed by atoms with Gasteiger partial charge in [-0.2, -0.15) is 5.10 Å². The number of anilines is 1. The van der Waals surface area contributed by atoms with E-state index in [1.165, 1.54) is 25.0 Å². The van der Waals surface area contributed by atoms with Crippen LogP contribution < -0.4 is 5.32 Å². The molecule has 1 saturated carbocycles. The number of nitro groups is 1. The third-order valence-electron chi connectivity index (χ3n) is 3.27.